The van der Waals surface area contributed by atoms with Gasteiger partial charge >= 0.3 is 0 Å². The van der Waals surface area contributed by atoms with Crippen molar-refractivity contribution in [1.82, 2.24) is 0 Å². The van der Waals surface area contributed by atoms with E-state index in [0.29, 0.717) is 10.8 Å². The average molecular weight is 234 g/mol. The molecule has 0 unspecified atom stereocenters. The maximum atomic E-state index is 9.27. The first-order chi connectivity index (χ1) is 7.72. The minimum Gasteiger partial charge on any atom is -0.457 e. The molecule has 3 nitrogen and oxygen atoms in total. The lowest BCUT2D eigenvalue weighted by molar-refractivity contribution is 0.205. The van der Waals surface area contributed by atoms with Crippen LogP contribution in [0, 0.1) is 11.3 Å². The van der Waals surface area contributed by atoms with Gasteiger partial charge in [0, 0.05) is 5.56 Å². The first-order valence-electron chi connectivity index (χ1n) is 4.64. The number of hydrogen-bond donors (Lipinski definition) is 1. The summed E-state index contributed by atoms with van der Waals surface area (Å²) in [5.74, 6) is 0.757. The van der Waals surface area contributed by atoms with Crippen molar-refractivity contribution in [2.45, 2.75) is 6.10 Å². The van der Waals surface area contributed by atoms with E-state index in [1.54, 1.807) is 24.3 Å². The highest BCUT2D eigenvalue weighted by atomic mass is 35.5. The SMILES string of the molecule is N#C[C@H](O)c1ccc(-c2ccccc2Cl)o1. The van der Waals surface area contributed by atoms with Gasteiger partial charge in [-0.1, -0.05) is 23.7 Å². The monoisotopic (exact) mass is 233 g/mol. The quantitative estimate of drug-likeness (QED) is 0.811. The molecule has 0 fully saturated rings. The molecule has 1 atom stereocenters. The Balaban J connectivity index is 2.40. The van der Waals surface area contributed by atoms with Crippen LogP contribution in [-0.2, 0) is 0 Å². The van der Waals surface area contributed by atoms with Crippen molar-refractivity contribution >= 4 is 11.6 Å². The minimum absolute atomic E-state index is 0.220. The minimum atomic E-state index is -1.24. The van der Waals surface area contributed by atoms with E-state index in [1.807, 2.05) is 18.2 Å². The fraction of sp³-hybridized carbons (Fsp3) is 0.0833. The fourth-order valence-corrected chi connectivity index (χ4v) is 1.60. The van der Waals surface area contributed by atoms with Gasteiger partial charge in [-0.2, -0.15) is 5.26 Å². The third-order valence-electron chi connectivity index (χ3n) is 2.16. The number of furan rings is 1. The Morgan fingerprint density at radius 2 is 2.00 bits per heavy atom. The van der Waals surface area contributed by atoms with Crippen LogP contribution < -0.4 is 0 Å². The number of aliphatic hydroxyl groups excluding tert-OH is 1. The van der Waals surface area contributed by atoms with E-state index in [1.165, 1.54) is 0 Å². The number of halogens is 1. The topological polar surface area (TPSA) is 57.2 Å². The van der Waals surface area contributed by atoms with Gasteiger partial charge in [0.2, 0.25) is 0 Å². The maximum Gasteiger partial charge on any atom is 0.198 e. The highest BCUT2D eigenvalue weighted by Crippen LogP contribution is 2.30. The molecule has 16 heavy (non-hydrogen) atoms. The summed E-state index contributed by atoms with van der Waals surface area (Å²) in [6.07, 6.45) is -1.24. The van der Waals surface area contributed by atoms with Crippen molar-refractivity contribution < 1.29 is 9.52 Å². The molecule has 0 aliphatic rings. The molecular weight excluding hydrogens is 226 g/mol. The molecule has 0 bridgehead atoms. The van der Waals surface area contributed by atoms with Gasteiger partial charge in [-0.3, -0.25) is 0 Å². The second kappa shape index (κ2) is 4.40. The molecule has 2 aromatic rings. The normalized spacial score (nSPS) is 12.1. The van der Waals surface area contributed by atoms with Crippen LogP contribution in [-0.4, -0.2) is 5.11 Å². The zero-order chi connectivity index (χ0) is 11.5. The van der Waals surface area contributed by atoms with Crippen LogP contribution >= 0.6 is 11.6 Å². The Morgan fingerprint density at radius 3 is 2.69 bits per heavy atom. The molecule has 0 aliphatic heterocycles. The Labute approximate surface area is 97.5 Å². The molecule has 1 N–H and O–H groups in total. The molecule has 0 radical (unpaired) electrons. The van der Waals surface area contributed by atoms with Gasteiger partial charge < -0.3 is 9.52 Å². The van der Waals surface area contributed by atoms with Crippen LogP contribution in [0.3, 0.4) is 0 Å². The Bertz CT molecular complexity index is 542. The Morgan fingerprint density at radius 1 is 1.25 bits per heavy atom. The van der Waals surface area contributed by atoms with Gasteiger partial charge in [-0.05, 0) is 24.3 Å². The summed E-state index contributed by atoms with van der Waals surface area (Å²) in [5.41, 5.74) is 0.737. The van der Waals surface area contributed by atoms with E-state index in [4.69, 9.17) is 21.3 Å². The second-order valence-corrected chi connectivity index (χ2v) is 3.62. The molecule has 0 saturated carbocycles. The largest absolute Gasteiger partial charge is 0.457 e. The lowest BCUT2D eigenvalue weighted by Crippen LogP contribution is -1.88. The zero-order valence-electron chi connectivity index (χ0n) is 8.22. The number of aliphatic hydroxyl groups is 1. The summed E-state index contributed by atoms with van der Waals surface area (Å²) < 4.78 is 5.35. The molecule has 1 aromatic carbocycles. The highest BCUT2D eigenvalue weighted by molar-refractivity contribution is 6.33. The van der Waals surface area contributed by atoms with Gasteiger partial charge in [0.1, 0.15) is 17.6 Å². The highest BCUT2D eigenvalue weighted by Gasteiger charge is 2.13. The van der Waals surface area contributed by atoms with Crippen molar-refractivity contribution in [1.29, 1.82) is 5.26 Å². The predicted octanol–water partition coefficient (Wildman–Crippen LogP) is 3.16. The maximum absolute atomic E-state index is 9.27. The number of nitrogens with zero attached hydrogens (tertiary/aromatic N) is 1. The third kappa shape index (κ3) is 1.94. The van der Waals surface area contributed by atoms with E-state index < -0.39 is 6.10 Å². The third-order valence-corrected chi connectivity index (χ3v) is 2.49. The van der Waals surface area contributed by atoms with Crippen LogP contribution in [0.4, 0.5) is 0 Å². The molecule has 0 spiro atoms. The summed E-state index contributed by atoms with van der Waals surface area (Å²) in [7, 11) is 0. The smallest absolute Gasteiger partial charge is 0.198 e. The second-order valence-electron chi connectivity index (χ2n) is 3.21. The van der Waals surface area contributed by atoms with Gasteiger partial charge in [-0.15, -0.1) is 0 Å². The number of hydrogen-bond acceptors (Lipinski definition) is 3. The summed E-state index contributed by atoms with van der Waals surface area (Å²) in [4.78, 5) is 0. The number of benzene rings is 1. The molecular formula is C12H8ClNO2. The average Bonchev–Trinajstić information content (AvgIpc) is 2.78. The van der Waals surface area contributed by atoms with Crippen LogP contribution in [0.2, 0.25) is 5.02 Å². The van der Waals surface area contributed by atoms with E-state index in [2.05, 4.69) is 0 Å². The van der Waals surface area contributed by atoms with Gasteiger partial charge in [0.15, 0.2) is 6.10 Å². The van der Waals surface area contributed by atoms with E-state index >= 15 is 0 Å². The molecule has 1 aromatic heterocycles. The summed E-state index contributed by atoms with van der Waals surface area (Å²) >= 11 is 5.99. The first kappa shape index (κ1) is 10.7. The molecule has 1 heterocycles. The van der Waals surface area contributed by atoms with Crippen molar-refractivity contribution in [2.24, 2.45) is 0 Å². The van der Waals surface area contributed by atoms with Crippen LogP contribution in [0.25, 0.3) is 11.3 Å². The number of rotatable bonds is 2. The molecule has 0 amide bonds. The summed E-state index contributed by atoms with van der Waals surface area (Å²) in [5, 5.41) is 18.4. The molecule has 4 heteroatoms. The lowest BCUT2D eigenvalue weighted by atomic mass is 10.2. The van der Waals surface area contributed by atoms with Gasteiger partial charge in [0.05, 0.1) is 5.02 Å². The molecule has 80 valence electrons. The Kier molecular flexibility index (Phi) is 2.95. The summed E-state index contributed by atoms with van der Waals surface area (Å²) in [6.45, 7) is 0. The van der Waals surface area contributed by atoms with E-state index in [9.17, 15) is 5.11 Å². The zero-order valence-corrected chi connectivity index (χ0v) is 8.98. The fourth-order valence-electron chi connectivity index (χ4n) is 1.37. The molecule has 0 saturated heterocycles. The van der Waals surface area contributed by atoms with Gasteiger partial charge in [-0.25, -0.2) is 0 Å². The van der Waals surface area contributed by atoms with Crippen molar-refractivity contribution in [3.8, 4) is 17.4 Å². The van der Waals surface area contributed by atoms with Crippen LogP contribution in [0.1, 0.15) is 11.9 Å². The Hall–Kier alpha value is -1.76. The first-order valence-corrected chi connectivity index (χ1v) is 5.02. The standard InChI is InChI=1S/C12H8ClNO2/c13-9-4-2-1-3-8(9)11-5-6-12(16-11)10(15)7-14/h1-6,10,15H/t10-/m0/s1. The van der Waals surface area contributed by atoms with Gasteiger partial charge in [0.25, 0.3) is 0 Å². The van der Waals surface area contributed by atoms with Crippen molar-refractivity contribution in [2.75, 3.05) is 0 Å². The molecule has 2 rings (SSSR count). The predicted molar refractivity (Wildman–Crippen MR) is 59.7 cm³/mol. The van der Waals surface area contributed by atoms with Crippen LogP contribution in [0.15, 0.2) is 40.8 Å². The molecule has 0 aliphatic carbocycles. The van der Waals surface area contributed by atoms with Crippen molar-refractivity contribution in [3.63, 3.8) is 0 Å². The lowest BCUT2D eigenvalue weighted by Gasteiger charge is -2.00. The van der Waals surface area contributed by atoms with Crippen LogP contribution in [0.5, 0.6) is 0 Å². The summed E-state index contributed by atoms with van der Waals surface area (Å²) in [6, 6.07) is 12.1. The van der Waals surface area contributed by atoms with E-state index in [0.717, 1.165) is 5.56 Å². The van der Waals surface area contributed by atoms with E-state index in [-0.39, 0.29) is 5.76 Å². The number of nitriles is 1. The van der Waals surface area contributed by atoms with Crippen molar-refractivity contribution in [3.05, 3.63) is 47.2 Å².